The Morgan fingerprint density at radius 2 is 2.00 bits per heavy atom. The number of carbonyl (C=O) groups excluding carboxylic acids is 1. The zero-order valence-electron chi connectivity index (χ0n) is 9.94. The van der Waals surface area contributed by atoms with Gasteiger partial charge in [0.15, 0.2) is 5.69 Å². The average Bonchev–Trinajstić information content (AvgIpc) is 2.81. The Labute approximate surface area is 110 Å². The Balaban J connectivity index is 2.32. The maximum absolute atomic E-state index is 12.2. The largest absolute Gasteiger partial charge is 0.420 e. The van der Waals surface area contributed by atoms with Crippen LogP contribution in [0.25, 0.3) is 11.5 Å². The van der Waals surface area contributed by atoms with Gasteiger partial charge >= 0.3 is 6.18 Å². The highest BCUT2D eigenvalue weighted by Gasteiger charge is 2.29. The monoisotopic (exact) mass is 286 g/mol. The number of anilines is 1. The van der Waals surface area contributed by atoms with Crippen molar-refractivity contribution in [3.63, 3.8) is 0 Å². The summed E-state index contributed by atoms with van der Waals surface area (Å²) in [6, 6.07) is 3.06. The second kappa shape index (κ2) is 5.19. The zero-order valence-corrected chi connectivity index (χ0v) is 9.94. The van der Waals surface area contributed by atoms with Gasteiger partial charge in [-0.25, -0.2) is 4.98 Å². The first-order valence-electron chi connectivity index (χ1n) is 5.38. The molecular formula is C11H9F3N4O2. The molecule has 0 atom stereocenters. The highest BCUT2D eigenvalue weighted by Crippen LogP contribution is 2.26. The van der Waals surface area contributed by atoms with Crippen molar-refractivity contribution < 1.29 is 22.4 Å². The molecule has 0 saturated heterocycles. The summed E-state index contributed by atoms with van der Waals surface area (Å²) in [5.74, 6) is -1.42. The number of halogens is 3. The van der Waals surface area contributed by atoms with Gasteiger partial charge in [-0.2, -0.15) is 13.2 Å². The summed E-state index contributed by atoms with van der Waals surface area (Å²) in [5, 5.41) is 1.95. The summed E-state index contributed by atoms with van der Waals surface area (Å²) in [7, 11) is 0. The molecule has 2 aromatic heterocycles. The van der Waals surface area contributed by atoms with E-state index in [1.807, 2.05) is 5.32 Å². The van der Waals surface area contributed by atoms with Crippen LogP contribution in [0.15, 0.2) is 28.9 Å². The van der Waals surface area contributed by atoms with E-state index in [1.54, 1.807) is 0 Å². The number of nitrogens with zero attached hydrogens (tertiary/aromatic N) is 2. The molecule has 0 aromatic carbocycles. The van der Waals surface area contributed by atoms with Gasteiger partial charge in [0.1, 0.15) is 6.54 Å². The van der Waals surface area contributed by atoms with Crippen molar-refractivity contribution in [3.8, 4) is 11.5 Å². The van der Waals surface area contributed by atoms with Gasteiger partial charge in [0.2, 0.25) is 11.8 Å². The highest BCUT2D eigenvalue weighted by atomic mass is 19.4. The lowest BCUT2D eigenvalue weighted by Gasteiger charge is -2.06. The Bertz CT molecular complexity index is 610. The van der Waals surface area contributed by atoms with Crippen LogP contribution in [-0.4, -0.2) is 28.6 Å². The predicted molar refractivity (Wildman–Crippen MR) is 62.8 cm³/mol. The Kier molecular flexibility index (Phi) is 3.59. The number of pyridine rings is 1. The molecule has 0 saturated carbocycles. The van der Waals surface area contributed by atoms with Crippen LogP contribution >= 0.6 is 0 Å². The fraction of sp³-hybridized carbons (Fsp3) is 0.182. The third kappa shape index (κ3) is 3.25. The first-order chi connectivity index (χ1) is 9.37. The third-order valence-electron chi connectivity index (χ3n) is 2.24. The molecule has 0 bridgehead atoms. The van der Waals surface area contributed by atoms with E-state index < -0.39 is 24.5 Å². The Morgan fingerprint density at radius 1 is 1.35 bits per heavy atom. The number of nitrogens with two attached hydrogens (primary N) is 1. The van der Waals surface area contributed by atoms with Gasteiger partial charge < -0.3 is 15.5 Å². The summed E-state index contributed by atoms with van der Waals surface area (Å²) in [4.78, 5) is 18.7. The van der Waals surface area contributed by atoms with Crippen LogP contribution in [0.4, 0.5) is 19.1 Å². The van der Waals surface area contributed by atoms with Crippen molar-refractivity contribution in [2.45, 2.75) is 6.18 Å². The minimum Gasteiger partial charge on any atom is -0.420 e. The second-order valence-electron chi connectivity index (χ2n) is 3.77. The van der Waals surface area contributed by atoms with Crippen molar-refractivity contribution in [3.05, 3.63) is 30.2 Å². The first-order valence-corrected chi connectivity index (χ1v) is 5.38. The molecular weight excluding hydrogens is 277 g/mol. The summed E-state index contributed by atoms with van der Waals surface area (Å²) in [5.41, 5.74) is 5.12. The average molecular weight is 286 g/mol. The molecule has 0 aliphatic rings. The van der Waals surface area contributed by atoms with Crippen molar-refractivity contribution >= 4 is 11.8 Å². The SMILES string of the molecule is NC(=O)c1nc(-c2ccncc2)oc1NCC(F)(F)F. The Hall–Kier alpha value is -2.58. The minimum atomic E-state index is -4.46. The summed E-state index contributed by atoms with van der Waals surface area (Å²) < 4.78 is 41.6. The van der Waals surface area contributed by atoms with Gasteiger partial charge in [-0.1, -0.05) is 0 Å². The molecule has 6 nitrogen and oxygen atoms in total. The summed E-state index contributed by atoms with van der Waals surface area (Å²) in [6.07, 6.45) is -1.56. The molecule has 9 heteroatoms. The lowest BCUT2D eigenvalue weighted by Crippen LogP contribution is -2.23. The van der Waals surface area contributed by atoms with Crippen molar-refractivity contribution in [1.82, 2.24) is 9.97 Å². The number of nitrogens with one attached hydrogen (secondary N) is 1. The van der Waals surface area contributed by atoms with E-state index in [0.717, 1.165) is 0 Å². The van der Waals surface area contributed by atoms with Gasteiger partial charge in [0.05, 0.1) is 0 Å². The fourth-order valence-corrected chi connectivity index (χ4v) is 1.41. The predicted octanol–water partition coefficient (Wildman–Crippen LogP) is 1.81. The molecule has 0 radical (unpaired) electrons. The zero-order chi connectivity index (χ0) is 14.8. The van der Waals surface area contributed by atoms with Crippen molar-refractivity contribution in [1.29, 1.82) is 0 Å². The van der Waals surface area contributed by atoms with Gasteiger partial charge in [-0.05, 0) is 12.1 Å². The molecule has 0 unspecified atom stereocenters. The number of aromatic nitrogens is 2. The summed E-state index contributed by atoms with van der Waals surface area (Å²) >= 11 is 0. The van der Waals surface area contributed by atoms with E-state index in [9.17, 15) is 18.0 Å². The van der Waals surface area contributed by atoms with Crippen LogP contribution in [0, 0.1) is 0 Å². The van der Waals surface area contributed by atoms with E-state index >= 15 is 0 Å². The number of hydrogen-bond donors (Lipinski definition) is 2. The van der Waals surface area contributed by atoms with E-state index in [1.165, 1.54) is 24.5 Å². The molecule has 106 valence electrons. The molecule has 0 spiro atoms. The number of primary amides is 1. The van der Waals surface area contributed by atoms with Gasteiger partial charge in [0, 0.05) is 18.0 Å². The van der Waals surface area contributed by atoms with E-state index in [-0.39, 0.29) is 11.6 Å². The topological polar surface area (TPSA) is 94.0 Å². The molecule has 3 N–H and O–H groups in total. The quantitative estimate of drug-likeness (QED) is 0.893. The number of oxazole rings is 1. The van der Waals surface area contributed by atoms with Crippen LogP contribution < -0.4 is 11.1 Å². The van der Waals surface area contributed by atoms with Gasteiger partial charge in [-0.15, -0.1) is 0 Å². The molecule has 2 heterocycles. The molecule has 20 heavy (non-hydrogen) atoms. The second-order valence-corrected chi connectivity index (χ2v) is 3.77. The van der Waals surface area contributed by atoms with E-state index in [0.29, 0.717) is 5.56 Å². The van der Waals surface area contributed by atoms with E-state index in [4.69, 9.17) is 10.2 Å². The molecule has 2 aromatic rings. The maximum atomic E-state index is 12.2. The number of rotatable bonds is 4. The molecule has 2 rings (SSSR count). The van der Waals surface area contributed by atoms with Crippen molar-refractivity contribution in [2.24, 2.45) is 5.73 Å². The lowest BCUT2D eigenvalue weighted by molar-refractivity contribution is -0.115. The number of alkyl halides is 3. The van der Waals surface area contributed by atoms with Gasteiger partial charge in [0.25, 0.3) is 5.91 Å². The van der Waals surface area contributed by atoms with Crippen molar-refractivity contribution in [2.75, 3.05) is 11.9 Å². The van der Waals surface area contributed by atoms with E-state index in [2.05, 4.69) is 9.97 Å². The normalized spacial score (nSPS) is 11.3. The number of amides is 1. The van der Waals surface area contributed by atoms with Gasteiger partial charge in [-0.3, -0.25) is 9.78 Å². The van der Waals surface area contributed by atoms with Crippen LogP contribution in [0.3, 0.4) is 0 Å². The Morgan fingerprint density at radius 3 is 2.55 bits per heavy atom. The highest BCUT2D eigenvalue weighted by molar-refractivity contribution is 5.95. The minimum absolute atomic E-state index is 0.0223. The van der Waals surface area contributed by atoms with Crippen LogP contribution in [0.5, 0.6) is 0 Å². The van der Waals surface area contributed by atoms with Crippen LogP contribution in [-0.2, 0) is 0 Å². The molecule has 0 fully saturated rings. The smallest absolute Gasteiger partial charge is 0.405 e. The standard InChI is InChI=1S/C11H9F3N4O2/c12-11(13,14)5-17-10-7(8(15)19)18-9(20-10)6-1-3-16-4-2-6/h1-4,17H,5H2,(H2,15,19). The lowest BCUT2D eigenvalue weighted by atomic mass is 10.3. The third-order valence-corrected chi connectivity index (χ3v) is 2.24. The summed E-state index contributed by atoms with van der Waals surface area (Å²) in [6.45, 7) is -1.36. The fourth-order valence-electron chi connectivity index (χ4n) is 1.41. The molecule has 0 aliphatic heterocycles. The maximum Gasteiger partial charge on any atom is 0.405 e. The molecule has 1 amide bonds. The van der Waals surface area contributed by atoms with Crippen LogP contribution in [0.1, 0.15) is 10.5 Å². The number of carbonyl (C=O) groups is 1. The number of hydrogen-bond acceptors (Lipinski definition) is 5. The van der Waals surface area contributed by atoms with Crippen LogP contribution in [0.2, 0.25) is 0 Å². The first kappa shape index (κ1) is 13.8. The molecule has 0 aliphatic carbocycles.